The Morgan fingerprint density at radius 1 is 1.15 bits per heavy atom. The highest BCUT2D eigenvalue weighted by atomic mass is 16.2. The summed E-state index contributed by atoms with van der Waals surface area (Å²) in [5.74, 6) is -0.583. The number of hydrogen-bond donors (Lipinski definition) is 1. The molecule has 1 aliphatic carbocycles. The summed E-state index contributed by atoms with van der Waals surface area (Å²) in [6.45, 7) is 6.50. The van der Waals surface area contributed by atoms with Crippen molar-refractivity contribution in [2.45, 2.75) is 25.7 Å². The summed E-state index contributed by atoms with van der Waals surface area (Å²) in [7, 11) is 0. The van der Waals surface area contributed by atoms with Gasteiger partial charge in [-0.05, 0) is 11.5 Å². The lowest BCUT2D eigenvalue weighted by Crippen LogP contribution is -3.15. The zero-order chi connectivity index (χ0) is 19.2. The first-order valence-electron chi connectivity index (χ1n) is 9.74. The van der Waals surface area contributed by atoms with Crippen LogP contribution in [0.15, 0.2) is 35.3 Å². The molecule has 0 spiro atoms. The van der Waals surface area contributed by atoms with Crippen molar-refractivity contribution in [3.05, 3.63) is 35.9 Å². The standard InChI is InChI=1S/C21H27N3O3/c1-16(25)24-11-9-23(10-12-24)8-7-22-15-19-20(26)13-18(14-21(19)27)17-5-3-2-4-6-17/h2-6,15,18-19H,7-14H2,1H3/p+1. The molecule has 1 N–H and O–H groups in total. The maximum atomic E-state index is 12.4. The Kier molecular flexibility index (Phi) is 6.50. The minimum atomic E-state index is -0.672. The first kappa shape index (κ1) is 19.4. The molecule has 0 aromatic heterocycles. The maximum absolute atomic E-state index is 12.4. The van der Waals surface area contributed by atoms with E-state index in [0.29, 0.717) is 19.4 Å². The van der Waals surface area contributed by atoms with Crippen LogP contribution >= 0.6 is 0 Å². The smallest absolute Gasteiger partial charge is 0.219 e. The summed E-state index contributed by atoms with van der Waals surface area (Å²) < 4.78 is 0. The van der Waals surface area contributed by atoms with Gasteiger partial charge in [0.05, 0.1) is 39.3 Å². The molecule has 0 atom stereocenters. The van der Waals surface area contributed by atoms with Crippen molar-refractivity contribution in [1.82, 2.24) is 4.90 Å². The first-order valence-corrected chi connectivity index (χ1v) is 9.74. The van der Waals surface area contributed by atoms with E-state index in [2.05, 4.69) is 4.99 Å². The van der Waals surface area contributed by atoms with Crippen LogP contribution in [0.5, 0.6) is 0 Å². The molecule has 3 rings (SSSR count). The van der Waals surface area contributed by atoms with E-state index < -0.39 is 5.92 Å². The number of carbonyl (C=O) groups is 3. The Morgan fingerprint density at radius 2 is 1.78 bits per heavy atom. The number of aliphatic imine (C=N–C) groups is 1. The van der Waals surface area contributed by atoms with E-state index in [-0.39, 0.29) is 23.4 Å². The Hall–Kier alpha value is -2.34. The van der Waals surface area contributed by atoms with E-state index in [0.717, 1.165) is 38.3 Å². The highest BCUT2D eigenvalue weighted by Gasteiger charge is 2.34. The van der Waals surface area contributed by atoms with Crippen molar-refractivity contribution >= 4 is 23.7 Å². The summed E-state index contributed by atoms with van der Waals surface area (Å²) in [5.41, 5.74) is 1.06. The topological polar surface area (TPSA) is 71.2 Å². The molecule has 2 aliphatic rings. The van der Waals surface area contributed by atoms with E-state index in [9.17, 15) is 14.4 Å². The van der Waals surface area contributed by atoms with Gasteiger partial charge in [0, 0.05) is 26.0 Å². The number of Topliss-reactive ketones (excluding diaryl/α,β-unsaturated/α-hetero) is 2. The van der Waals surface area contributed by atoms with Gasteiger partial charge in [-0.25, -0.2) is 0 Å². The minimum Gasteiger partial charge on any atom is -0.332 e. The third-order valence-corrected chi connectivity index (χ3v) is 5.62. The average molecular weight is 370 g/mol. The molecule has 6 heteroatoms. The van der Waals surface area contributed by atoms with E-state index in [1.54, 1.807) is 13.1 Å². The molecule has 6 nitrogen and oxygen atoms in total. The summed E-state index contributed by atoms with van der Waals surface area (Å²) in [4.78, 5) is 43.9. The molecule has 1 saturated carbocycles. The minimum absolute atomic E-state index is 0.00198. The Morgan fingerprint density at radius 3 is 2.37 bits per heavy atom. The summed E-state index contributed by atoms with van der Waals surface area (Å²) in [6.07, 6.45) is 2.38. The molecular formula is C21H28N3O3+. The van der Waals surface area contributed by atoms with Crippen LogP contribution in [0, 0.1) is 5.92 Å². The number of nitrogens with zero attached hydrogens (tertiary/aromatic N) is 2. The largest absolute Gasteiger partial charge is 0.332 e. The molecule has 144 valence electrons. The van der Waals surface area contributed by atoms with Crippen LogP contribution < -0.4 is 4.90 Å². The van der Waals surface area contributed by atoms with Gasteiger partial charge in [-0.3, -0.25) is 19.4 Å². The third kappa shape index (κ3) is 5.10. The van der Waals surface area contributed by atoms with Gasteiger partial charge in [0.2, 0.25) is 5.91 Å². The van der Waals surface area contributed by atoms with E-state index >= 15 is 0 Å². The van der Waals surface area contributed by atoms with Crippen LogP contribution in [-0.2, 0) is 14.4 Å². The number of piperazine rings is 1. The average Bonchev–Trinajstić information content (AvgIpc) is 2.67. The lowest BCUT2D eigenvalue weighted by molar-refractivity contribution is -0.902. The molecular weight excluding hydrogens is 342 g/mol. The van der Waals surface area contributed by atoms with Crippen molar-refractivity contribution in [3.63, 3.8) is 0 Å². The number of amides is 1. The molecule has 0 radical (unpaired) electrons. The SMILES string of the molecule is CC(=O)N1CC[NH+](CCN=CC2C(=O)CC(c3ccccc3)CC2=O)CC1. The molecule has 1 aromatic carbocycles. The Bertz CT molecular complexity index is 691. The van der Waals surface area contributed by atoms with E-state index in [4.69, 9.17) is 0 Å². The van der Waals surface area contributed by atoms with E-state index in [1.165, 1.54) is 4.90 Å². The van der Waals surface area contributed by atoms with Gasteiger partial charge in [0.1, 0.15) is 17.5 Å². The highest BCUT2D eigenvalue weighted by molar-refractivity contribution is 6.16. The van der Waals surface area contributed by atoms with Crippen molar-refractivity contribution in [2.75, 3.05) is 39.3 Å². The lowest BCUT2D eigenvalue weighted by atomic mass is 9.77. The van der Waals surface area contributed by atoms with Gasteiger partial charge in [0.15, 0.2) is 0 Å². The number of quaternary nitrogens is 1. The summed E-state index contributed by atoms with van der Waals surface area (Å²) >= 11 is 0. The second-order valence-electron chi connectivity index (χ2n) is 7.49. The number of nitrogens with one attached hydrogen (secondary N) is 1. The zero-order valence-corrected chi connectivity index (χ0v) is 15.9. The second kappa shape index (κ2) is 9.04. The molecule has 2 fully saturated rings. The van der Waals surface area contributed by atoms with Crippen LogP contribution in [0.4, 0.5) is 0 Å². The monoisotopic (exact) mass is 370 g/mol. The molecule has 1 heterocycles. The van der Waals surface area contributed by atoms with Crippen molar-refractivity contribution < 1.29 is 19.3 Å². The number of rotatable bonds is 5. The van der Waals surface area contributed by atoms with Crippen molar-refractivity contribution in [1.29, 1.82) is 0 Å². The number of benzene rings is 1. The molecule has 27 heavy (non-hydrogen) atoms. The molecule has 1 amide bonds. The Labute approximate surface area is 160 Å². The fourth-order valence-electron chi connectivity index (χ4n) is 3.91. The van der Waals surface area contributed by atoms with Crippen LogP contribution in [0.25, 0.3) is 0 Å². The number of carbonyl (C=O) groups excluding carboxylic acids is 3. The fourth-order valence-corrected chi connectivity index (χ4v) is 3.91. The van der Waals surface area contributed by atoms with Crippen LogP contribution in [0.2, 0.25) is 0 Å². The van der Waals surface area contributed by atoms with Crippen LogP contribution in [0.3, 0.4) is 0 Å². The zero-order valence-electron chi connectivity index (χ0n) is 15.9. The third-order valence-electron chi connectivity index (χ3n) is 5.62. The Balaban J connectivity index is 1.45. The van der Waals surface area contributed by atoms with Crippen molar-refractivity contribution in [2.24, 2.45) is 10.9 Å². The van der Waals surface area contributed by atoms with E-state index in [1.807, 2.05) is 35.2 Å². The molecule has 1 aromatic rings. The van der Waals surface area contributed by atoms with Crippen LogP contribution in [-0.4, -0.2) is 67.9 Å². The predicted octanol–water partition coefficient (Wildman–Crippen LogP) is 0.136. The quantitative estimate of drug-likeness (QED) is 0.592. The molecule has 0 unspecified atom stereocenters. The molecule has 1 aliphatic heterocycles. The number of ketones is 2. The first-order chi connectivity index (χ1) is 13.0. The lowest BCUT2D eigenvalue weighted by Gasteiger charge is -2.31. The fraction of sp³-hybridized carbons (Fsp3) is 0.524. The molecule has 1 saturated heterocycles. The van der Waals surface area contributed by atoms with Gasteiger partial charge in [-0.1, -0.05) is 30.3 Å². The normalized spacial score (nSPS) is 24.6. The van der Waals surface area contributed by atoms with Gasteiger partial charge in [0.25, 0.3) is 0 Å². The van der Waals surface area contributed by atoms with Gasteiger partial charge in [-0.15, -0.1) is 0 Å². The number of hydrogen-bond acceptors (Lipinski definition) is 4. The summed E-state index contributed by atoms with van der Waals surface area (Å²) in [5, 5.41) is 0. The maximum Gasteiger partial charge on any atom is 0.219 e. The van der Waals surface area contributed by atoms with Gasteiger partial charge < -0.3 is 9.80 Å². The molecule has 0 bridgehead atoms. The van der Waals surface area contributed by atoms with Gasteiger partial charge in [-0.2, -0.15) is 0 Å². The highest BCUT2D eigenvalue weighted by Crippen LogP contribution is 2.31. The summed E-state index contributed by atoms with van der Waals surface area (Å²) in [6, 6.07) is 9.78. The van der Waals surface area contributed by atoms with Crippen LogP contribution in [0.1, 0.15) is 31.2 Å². The second-order valence-corrected chi connectivity index (χ2v) is 7.49. The predicted molar refractivity (Wildman–Crippen MR) is 103 cm³/mol. The van der Waals surface area contributed by atoms with Crippen molar-refractivity contribution in [3.8, 4) is 0 Å². The van der Waals surface area contributed by atoms with Gasteiger partial charge >= 0.3 is 0 Å².